The van der Waals surface area contributed by atoms with Crippen molar-refractivity contribution in [2.45, 2.75) is 19.3 Å². The minimum Gasteiger partial charge on any atom is -0.310 e. The molecule has 1 aliphatic heterocycles. The molecule has 2 aromatic heterocycles. The van der Waals surface area contributed by atoms with Gasteiger partial charge in [0, 0.05) is 33.0 Å². The van der Waals surface area contributed by atoms with Gasteiger partial charge < -0.3 is 4.90 Å². The molecule has 5 nitrogen and oxygen atoms in total. The fourth-order valence-corrected chi connectivity index (χ4v) is 8.83. The number of benzene rings is 8. The summed E-state index contributed by atoms with van der Waals surface area (Å²) in [6, 6.07) is 66.8. The zero-order chi connectivity index (χ0) is 38.1. The molecule has 0 fully saturated rings. The van der Waals surface area contributed by atoms with Crippen molar-refractivity contribution in [1.29, 1.82) is 0 Å². The summed E-state index contributed by atoms with van der Waals surface area (Å²) < 4.78 is 2.21. The van der Waals surface area contributed by atoms with Crippen LogP contribution in [0.5, 0.6) is 0 Å². The van der Waals surface area contributed by atoms with Crippen LogP contribution < -0.4 is 4.90 Å². The molecule has 0 radical (unpaired) electrons. The molecule has 57 heavy (non-hydrogen) atoms. The number of nitrogens with zero attached hydrogens (tertiary/aromatic N) is 5. The van der Waals surface area contributed by atoms with Crippen LogP contribution in [-0.4, -0.2) is 19.5 Å². The maximum Gasteiger partial charge on any atom is 0.238 e. The van der Waals surface area contributed by atoms with E-state index in [9.17, 15) is 0 Å². The summed E-state index contributed by atoms with van der Waals surface area (Å²) >= 11 is 0. The van der Waals surface area contributed by atoms with E-state index in [1.807, 2.05) is 36.4 Å². The van der Waals surface area contributed by atoms with E-state index in [0.29, 0.717) is 17.6 Å². The number of anilines is 3. The average Bonchev–Trinajstić information content (AvgIpc) is 3.61. The lowest BCUT2D eigenvalue weighted by atomic mass is 9.73. The first-order valence-electron chi connectivity index (χ1n) is 19.5. The van der Waals surface area contributed by atoms with Crippen molar-refractivity contribution in [1.82, 2.24) is 19.5 Å². The lowest BCUT2D eigenvalue weighted by Crippen LogP contribution is -2.30. The Hall–Kier alpha value is -7.37. The summed E-state index contributed by atoms with van der Waals surface area (Å²) in [7, 11) is 0. The van der Waals surface area contributed by atoms with Gasteiger partial charge in [-0.25, -0.2) is 4.98 Å². The molecule has 0 amide bonds. The zero-order valence-electron chi connectivity index (χ0n) is 31.6. The highest BCUT2D eigenvalue weighted by molar-refractivity contribution is 6.21. The second kappa shape index (κ2) is 12.9. The van der Waals surface area contributed by atoms with Gasteiger partial charge in [0.2, 0.25) is 5.95 Å². The van der Waals surface area contributed by atoms with Gasteiger partial charge in [0.1, 0.15) is 0 Å². The summed E-state index contributed by atoms with van der Waals surface area (Å²) in [5, 5.41) is 4.70. The molecular formula is C52H37N5. The van der Waals surface area contributed by atoms with E-state index in [1.165, 1.54) is 38.7 Å². The van der Waals surface area contributed by atoms with Gasteiger partial charge in [0.25, 0.3) is 0 Å². The summed E-state index contributed by atoms with van der Waals surface area (Å²) in [5.74, 6) is 1.85. The fraction of sp³-hybridized carbons (Fsp3) is 0.0577. The molecule has 0 spiro atoms. The number of hydrogen-bond donors (Lipinski definition) is 0. The minimum atomic E-state index is -0.173. The summed E-state index contributed by atoms with van der Waals surface area (Å²) in [4.78, 5) is 17.8. The van der Waals surface area contributed by atoms with Crippen molar-refractivity contribution in [3.8, 4) is 39.9 Å². The van der Waals surface area contributed by atoms with Crippen LogP contribution in [-0.2, 0) is 5.41 Å². The molecule has 5 heteroatoms. The van der Waals surface area contributed by atoms with Crippen LogP contribution in [0.25, 0.3) is 72.4 Å². The number of fused-ring (bicyclic) bond motifs is 7. The Kier molecular flexibility index (Phi) is 7.45. The molecule has 3 heterocycles. The normalized spacial score (nSPS) is 13.2. The Morgan fingerprint density at radius 3 is 1.74 bits per heavy atom. The van der Waals surface area contributed by atoms with Crippen molar-refractivity contribution in [2.75, 3.05) is 4.90 Å². The topological polar surface area (TPSA) is 46.8 Å². The third kappa shape index (κ3) is 5.27. The molecule has 8 aromatic carbocycles. The molecule has 1 aliphatic rings. The molecule has 0 saturated heterocycles. The SMILES string of the molecule is CC1(C)c2ccccc2N(c2ccccc2)c2cc(-c3ccc4c(c3)c3c5ccccc5ccc3n4-c3nc(-c4ccccc4)nc(-c4ccccc4)n3)ccc21. The lowest BCUT2D eigenvalue weighted by Gasteiger charge is -2.42. The molecule has 0 aliphatic carbocycles. The molecule has 10 aromatic rings. The van der Waals surface area contributed by atoms with Gasteiger partial charge in [-0.15, -0.1) is 0 Å². The van der Waals surface area contributed by atoms with Gasteiger partial charge in [-0.3, -0.25) is 4.57 Å². The highest BCUT2D eigenvalue weighted by atomic mass is 15.2. The van der Waals surface area contributed by atoms with Gasteiger partial charge in [-0.05, 0) is 75.5 Å². The second-order valence-corrected chi connectivity index (χ2v) is 15.3. The second-order valence-electron chi connectivity index (χ2n) is 15.3. The van der Waals surface area contributed by atoms with Crippen molar-refractivity contribution in [2.24, 2.45) is 0 Å². The van der Waals surface area contributed by atoms with Crippen LogP contribution >= 0.6 is 0 Å². The van der Waals surface area contributed by atoms with Gasteiger partial charge in [-0.1, -0.05) is 159 Å². The molecule has 270 valence electrons. The standard InChI is InChI=1S/C52H37N5/c1-52(2)42-24-14-15-25-45(42)56(39-21-10-5-11-22-39)47-33-38(26-29-43(47)52)37-28-30-44-41(32-37)48-40-23-13-12-16-34(40)27-31-46(48)57(44)51-54-49(35-17-6-3-7-18-35)53-50(55-51)36-19-8-4-9-20-36/h3-33H,1-2H3. The fourth-order valence-electron chi connectivity index (χ4n) is 8.83. The number of para-hydroxylation sites is 2. The Balaban J connectivity index is 1.15. The largest absolute Gasteiger partial charge is 0.310 e. The predicted octanol–water partition coefficient (Wildman–Crippen LogP) is 13.2. The van der Waals surface area contributed by atoms with E-state index < -0.39 is 0 Å². The van der Waals surface area contributed by atoms with Crippen molar-refractivity contribution < 1.29 is 0 Å². The third-order valence-electron chi connectivity index (χ3n) is 11.6. The minimum absolute atomic E-state index is 0.173. The van der Waals surface area contributed by atoms with E-state index in [-0.39, 0.29) is 5.41 Å². The highest BCUT2D eigenvalue weighted by Crippen LogP contribution is 2.52. The van der Waals surface area contributed by atoms with E-state index >= 15 is 0 Å². The predicted molar refractivity (Wildman–Crippen MR) is 235 cm³/mol. The molecule has 0 saturated carbocycles. The zero-order valence-corrected chi connectivity index (χ0v) is 31.6. The van der Waals surface area contributed by atoms with E-state index in [0.717, 1.165) is 44.4 Å². The first-order valence-corrected chi connectivity index (χ1v) is 19.5. The van der Waals surface area contributed by atoms with Gasteiger partial charge >= 0.3 is 0 Å². The molecule has 11 rings (SSSR count). The Morgan fingerprint density at radius 2 is 1.00 bits per heavy atom. The number of hydrogen-bond acceptors (Lipinski definition) is 4. The highest BCUT2D eigenvalue weighted by Gasteiger charge is 2.37. The van der Waals surface area contributed by atoms with E-state index in [4.69, 9.17) is 15.0 Å². The van der Waals surface area contributed by atoms with Crippen molar-refractivity contribution in [3.05, 3.63) is 199 Å². The molecule has 0 N–H and O–H groups in total. The van der Waals surface area contributed by atoms with Crippen molar-refractivity contribution in [3.63, 3.8) is 0 Å². The molecule has 0 bridgehead atoms. The average molecular weight is 732 g/mol. The van der Waals surface area contributed by atoms with Gasteiger partial charge in [0.15, 0.2) is 11.6 Å². The molecular weight excluding hydrogens is 695 g/mol. The van der Waals surface area contributed by atoms with Crippen LogP contribution in [0, 0.1) is 0 Å². The Morgan fingerprint density at radius 1 is 0.421 bits per heavy atom. The first-order chi connectivity index (χ1) is 28.0. The third-order valence-corrected chi connectivity index (χ3v) is 11.6. The van der Waals surface area contributed by atoms with Crippen LogP contribution in [0.3, 0.4) is 0 Å². The maximum atomic E-state index is 5.19. The number of rotatable bonds is 5. The van der Waals surface area contributed by atoms with Gasteiger partial charge in [-0.2, -0.15) is 9.97 Å². The van der Waals surface area contributed by atoms with Crippen LogP contribution in [0.4, 0.5) is 17.1 Å². The summed E-state index contributed by atoms with van der Waals surface area (Å²) in [6.07, 6.45) is 0. The summed E-state index contributed by atoms with van der Waals surface area (Å²) in [5.41, 5.74) is 12.3. The first kappa shape index (κ1) is 33.0. The smallest absolute Gasteiger partial charge is 0.238 e. The molecule has 0 atom stereocenters. The van der Waals surface area contributed by atoms with Crippen LogP contribution in [0.2, 0.25) is 0 Å². The quantitative estimate of drug-likeness (QED) is 0.177. The maximum absolute atomic E-state index is 5.19. The van der Waals surface area contributed by atoms with Gasteiger partial charge in [0.05, 0.1) is 22.4 Å². The van der Waals surface area contributed by atoms with E-state index in [2.05, 4.69) is 175 Å². The Bertz CT molecular complexity index is 3090. The van der Waals surface area contributed by atoms with Crippen LogP contribution in [0.15, 0.2) is 188 Å². The molecule has 0 unspecified atom stereocenters. The lowest BCUT2D eigenvalue weighted by molar-refractivity contribution is 0.632. The Labute approximate surface area is 331 Å². The van der Waals surface area contributed by atoms with E-state index in [1.54, 1.807) is 0 Å². The van der Waals surface area contributed by atoms with Crippen LogP contribution in [0.1, 0.15) is 25.0 Å². The van der Waals surface area contributed by atoms with Crippen molar-refractivity contribution >= 4 is 49.6 Å². The number of aromatic nitrogens is 4. The summed E-state index contributed by atoms with van der Waals surface area (Å²) in [6.45, 7) is 4.68. The monoisotopic (exact) mass is 731 g/mol.